The Balaban J connectivity index is 2.57. The van der Waals surface area contributed by atoms with Gasteiger partial charge in [-0.3, -0.25) is 0 Å². The summed E-state index contributed by atoms with van der Waals surface area (Å²) in [5.41, 5.74) is 0. The highest BCUT2D eigenvalue weighted by Crippen LogP contribution is 2.24. The van der Waals surface area contributed by atoms with E-state index in [1.807, 2.05) is 0 Å². The molecule has 15 heavy (non-hydrogen) atoms. The SMILES string of the molecule is COC(=O)c1cc(OCC(F)(F)F)cs1. The first-order valence-electron chi connectivity index (χ1n) is 3.79. The minimum absolute atomic E-state index is 0.0118. The largest absolute Gasteiger partial charge is 0.483 e. The van der Waals surface area contributed by atoms with Gasteiger partial charge in [0.15, 0.2) is 6.61 Å². The quantitative estimate of drug-likeness (QED) is 0.761. The third-order valence-electron chi connectivity index (χ3n) is 1.36. The molecular weight excluding hydrogens is 233 g/mol. The predicted octanol–water partition coefficient (Wildman–Crippen LogP) is 2.48. The van der Waals surface area contributed by atoms with E-state index in [-0.39, 0.29) is 10.6 Å². The second-order valence-corrected chi connectivity index (χ2v) is 3.45. The number of alkyl halides is 3. The summed E-state index contributed by atoms with van der Waals surface area (Å²) in [6, 6.07) is 1.21. The molecule has 1 heterocycles. The molecule has 0 N–H and O–H groups in total. The molecule has 0 amide bonds. The van der Waals surface area contributed by atoms with Crippen LogP contribution in [0.2, 0.25) is 0 Å². The van der Waals surface area contributed by atoms with Crippen LogP contribution in [0, 0.1) is 0 Å². The Labute approximate surface area is 87.4 Å². The lowest BCUT2D eigenvalue weighted by Crippen LogP contribution is -2.18. The van der Waals surface area contributed by atoms with Gasteiger partial charge >= 0.3 is 12.1 Å². The Morgan fingerprint density at radius 1 is 1.53 bits per heavy atom. The molecule has 0 fully saturated rings. The number of hydrogen-bond donors (Lipinski definition) is 0. The van der Waals surface area contributed by atoms with Gasteiger partial charge in [-0.1, -0.05) is 0 Å². The highest BCUT2D eigenvalue weighted by Gasteiger charge is 2.28. The van der Waals surface area contributed by atoms with Gasteiger partial charge < -0.3 is 9.47 Å². The third kappa shape index (κ3) is 3.78. The van der Waals surface area contributed by atoms with Crippen molar-refractivity contribution in [2.24, 2.45) is 0 Å². The molecule has 0 aromatic carbocycles. The normalized spacial score (nSPS) is 11.2. The van der Waals surface area contributed by atoms with Crippen molar-refractivity contribution in [3.8, 4) is 5.75 Å². The minimum Gasteiger partial charge on any atom is -0.483 e. The van der Waals surface area contributed by atoms with E-state index in [0.717, 1.165) is 11.3 Å². The molecule has 3 nitrogen and oxygen atoms in total. The van der Waals surface area contributed by atoms with Crippen LogP contribution in [0.15, 0.2) is 11.4 Å². The summed E-state index contributed by atoms with van der Waals surface area (Å²) in [7, 11) is 1.19. The van der Waals surface area contributed by atoms with Crippen LogP contribution in [0.4, 0.5) is 13.2 Å². The topological polar surface area (TPSA) is 35.5 Å². The summed E-state index contributed by atoms with van der Waals surface area (Å²) in [5.74, 6) is -0.584. The first-order valence-corrected chi connectivity index (χ1v) is 4.67. The lowest BCUT2D eigenvalue weighted by molar-refractivity contribution is -0.153. The van der Waals surface area contributed by atoms with E-state index in [2.05, 4.69) is 9.47 Å². The van der Waals surface area contributed by atoms with Crippen molar-refractivity contribution in [3.63, 3.8) is 0 Å². The molecule has 1 aromatic rings. The molecule has 0 radical (unpaired) electrons. The van der Waals surface area contributed by atoms with E-state index >= 15 is 0 Å². The monoisotopic (exact) mass is 240 g/mol. The van der Waals surface area contributed by atoms with Crippen molar-refractivity contribution in [2.75, 3.05) is 13.7 Å². The number of methoxy groups -OCH3 is 1. The summed E-state index contributed by atoms with van der Waals surface area (Å²) in [6.07, 6.45) is -4.38. The molecule has 0 spiro atoms. The number of carbonyl (C=O) groups excluding carboxylic acids is 1. The van der Waals surface area contributed by atoms with Crippen LogP contribution in [0.1, 0.15) is 9.67 Å². The summed E-state index contributed by atoms with van der Waals surface area (Å²) < 4.78 is 44.1. The van der Waals surface area contributed by atoms with Crippen molar-refractivity contribution < 1.29 is 27.4 Å². The zero-order valence-corrected chi connectivity index (χ0v) is 8.45. The van der Waals surface area contributed by atoms with Crippen molar-refractivity contribution >= 4 is 17.3 Å². The van der Waals surface area contributed by atoms with E-state index in [0.29, 0.717) is 0 Å². The lowest BCUT2D eigenvalue weighted by Gasteiger charge is -2.06. The van der Waals surface area contributed by atoms with Gasteiger partial charge in [0, 0.05) is 11.4 Å². The number of rotatable bonds is 3. The predicted molar refractivity (Wildman–Crippen MR) is 47.2 cm³/mol. The van der Waals surface area contributed by atoms with E-state index in [1.165, 1.54) is 18.6 Å². The van der Waals surface area contributed by atoms with Gasteiger partial charge in [-0.15, -0.1) is 11.3 Å². The zero-order chi connectivity index (χ0) is 11.5. The lowest BCUT2D eigenvalue weighted by atomic mass is 10.4. The number of carbonyl (C=O) groups is 1. The van der Waals surface area contributed by atoms with Crippen LogP contribution in [-0.2, 0) is 4.74 Å². The van der Waals surface area contributed by atoms with Crippen LogP contribution in [0.5, 0.6) is 5.75 Å². The van der Waals surface area contributed by atoms with Gasteiger partial charge in [0.1, 0.15) is 10.6 Å². The van der Waals surface area contributed by atoms with Crippen LogP contribution in [0.3, 0.4) is 0 Å². The highest BCUT2D eigenvalue weighted by molar-refractivity contribution is 7.12. The van der Waals surface area contributed by atoms with Gasteiger partial charge in [0.05, 0.1) is 7.11 Å². The highest BCUT2D eigenvalue weighted by atomic mass is 32.1. The number of ether oxygens (including phenoxy) is 2. The standard InChI is InChI=1S/C8H7F3O3S/c1-13-7(12)6-2-5(3-15-6)14-4-8(9,10)11/h2-3H,4H2,1H3. The van der Waals surface area contributed by atoms with Gasteiger partial charge in [0.25, 0.3) is 0 Å². The molecule has 0 bridgehead atoms. The van der Waals surface area contributed by atoms with Gasteiger partial charge in [-0.25, -0.2) is 4.79 Å². The van der Waals surface area contributed by atoms with E-state index in [4.69, 9.17) is 0 Å². The second kappa shape index (κ2) is 4.52. The van der Waals surface area contributed by atoms with Crippen molar-refractivity contribution in [1.82, 2.24) is 0 Å². The number of esters is 1. The molecular formula is C8H7F3O3S. The summed E-state index contributed by atoms with van der Waals surface area (Å²) in [5, 5.41) is 1.32. The summed E-state index contributed by atoms with van der Waals surface area (Å²) >= 11 is 0.966. The van der Waals surface area contributed by atoms with Gasteiger partial charge in [-0.05, 0) is 0 Å². The summed E-state index contributed by atoms with van der Waals surface area (Å²) in [4.78, 5) is 11.1. The van der Waals surface area contributed by atoms with Crippen molar-refractivity contribution in [2.45, 2.75) is 6.18 Å². The maximum absolute atomic E-state index is 11.8. The Kier molecular flexibility index (Phi) is 3.57. The molecule has 1 aromatic heterocycles. The average molecular weight is 240 g/mol. The van der Waals surface area contributed by atoms with Crippen LogP contribution < -0.4 is 4.74 Å². The van der Waals surface area contributed by atoms with Crippen LogP contribution in [-0.4, -0.2) is 25.9 Å². The molecule has 0 saturated carbocycles. The molecule has 0 unspecified atom stereocenters. The fourth-order valence-electron chi connectivity index (χ4n) is 0.767. The Morgan fingerprint density at radius 2 is 2.20 bits per heavy atom. The van der Waals surface area contributed by atoms with E-state index in [9.17, 15) is 18.0 Å². The Hall–Kier alpha value is -1.24. The smallest absolute Gasteiger partial charge is 0.422 e. The zero-order valence-electron chi connectivity index (χ0n) is 7.63. The fraction of sp³-hybridized carbons (Fsp3) is 0.375. The molecule has 0 atom stereocenters. The molecule has 84 valence electrons. The van der Waals surface area contributed by atoms with Gasteiger partial charge in [-0.2, -0.15) is 13.2 Å². The molecule has 0 aliphatic heterocycles. The maximum atomic E-state index is 11.8. The Bertz CT molecular complexity index is 345. The van der Waals surface area contributed by atoms with Gasteiger partial charge in [0.2, 0.25) is 0 Å². The number of thiophene rings is 1. The molecule has 1 rings (SSSR count). The molecule has 0 aliphatic rings. The minimum atomic E-state index is -4.38. The molecule has 0 saturated heterocycles. The molecule has 0 aliphatic carbocycles. The van der Waals surface area contributed by atoms with Crippen LogP contribution >= 0.6 is 11.3 Å². The second-order valence-electron chi connectivity index (χ2n) is 2.54. The Morgan fingerprint density at radius 3 is 2.73 bits per heavy atom. The van der Waals surface area contributed by atoms with Crippen LogP contribution in [0.25, 0.3) is 0 Å². The first kappa shape index (κ1) is 11.8. The van der Waals surface area contributed by atoms with Crippen molar-refractivity contribution in [3.05, 3.63) is 16.3 Å². The van der Waals surface area contributed by atoms with E-state index < -0.39 is 18.8 Å². The number of halogens is 3. The number of hydrogen-bond acceptors (Lipinski definition) is 4. The van der Waals surface area contributed by atoms with Crippen molar-refractivity contribution in [1.29, 1.82) is 0 Å². The third-order valence-corrected chi connectivity index (χ3v) is 2.25. The first-order chi connectivity index (χ1) is 6.92. The maximum Gasteiger partial charge on any atom is 0.422 e. The molecule has 7 heteroatoms. The van der Waals surface area contributed by atoms with E-state index in [1.54, 1.807) is 0 Å². The summed E-state index contributed by atoms with van der Waals surface area (Å²) in [6.45, 7) is -1.37. The average Bonchev–Trinajstić information content (AvgIpc) is 2.61. The fourth-order valence-corrected chi connectivity index (χ4v) is 1.51.